The molecule has 0 radical (unpaired) electrons. The van der Waals surface area contributed by atoms with Gasteiger partial charge in [-0.25, -0.2) is 4.79 Å². The van der Waals surface area contributed by atoms with Crippen LogP contribution in [0.4, 0.5) is 13.2 Å². The Morgan fingerprint density at radius 3 is 2.46 bits per heavy atom. The van der Waals surface area contributed by atoms with Crippen molar-refractivity contribution in [1.82, 2.24) is 5.32 Å². The molecule has 0 fully saturated rings. The standard InChI is InChI=1S/C29H26F3NO4/c1-18(24-9-5-7-19-6-3-4-8-25(19)24)33-12-13-37-23-15-21(14-22(16-23)28(34)35)20-10-11-27(36-2)26(17-20)29(30,31)32/h3-11,14-18,33H,12-13H2,1-2H3,(H,34,35)/t18-/m1/s1. The average Bonchev–Trinajstić information content (AvgIpc) is 2.89. The fraction of sp³-hybridized carbons (Fsp3) is 0.207. The van der Waals surface area contributed by atoms with Crippen LogP contribution < -0.4 is 14.8 Å². The maximum atomic E-state index is 13.5. The lowest BCUT2D eigenvalue weighted by atomic mass is 9.99. The van der Waals surface area contributed by atoms with Crippen LogP contribution in [0.25, 0.3) is 21.9 Å². The Labute approximate surface area is 212 Å². The monoisotopic (exact) mass is 509 g/mol. The minimum Gasteiger partial charge on any atom is -0.496 e. The van der Waals surface area contributed by atoms with Gasteiger partial charge < -0.3 is 19.9 Å². The molecule has 0 aliphatic heterocycles. The highest BCUT2D eigenvalue weighted by Gasteiger charge is 2.34. The van der Waals surface area contributed by atoms with Gasteiger partial charge in [0.15, 0.2) is 0 Å². The number of fused-ring (bicyclic) bond motifs is 1. The van der Waals surface area contributed by atoms with E-state index in [1.54, 1.807) is 0 Å². The minimum atomic E-state index is -4.63. The van der Waals surface area contributed by atoms with Gasteiger partial charge in [-0.1, -0.05) is 48.5 Å². The number of rotatable bonds is 9. The first kappa shape index (κ1) is 26.0. The van der Waals surface area contributed by atoms with Gasteiger partial charge in [-0.2, -0.15) is 13.2 Å². The summed E-state index contributed by atoms with van der Waals surface area (Å²) in [6, 6.07) is 22.1. The third-order valence-electron chi connectivity index (χ3n) is 6.10. The van der Waals surface area contributed by atoms with Crippen molar-refractivity contribution in [2.24, 2.45) is 0 Å². The number of ether oxygens (including phenoxy) is 2. The van der Waals surface area contributed by atoms with E-state index in [9.17, 15) is 23.1 Å². The van der Waals surface area contributed by atoms with Crippen molar-refractivity contribution in [3.05, 3.63) is 95.6 Å². The van der Waals surface area contributed by atoms with Gasteiger partial charge in [-0.05, 0) is 64.7 Å². The van der Waals surface area contributed by atoms with Gasteiger partial charge in [0.05, 0.1) is 18.2 Å². The highest BCUT2D eigenvalue weighted by Crippen LogP contribution is 2.39. The highest BCUT2D eigenvalue weighted by atomic mass is 19.4. The lowest BCUT2D eigenvalue weighted by molar-refractivity contribution is -0.138. The van der Waals surface area contributed by atoms with Gasteiger partial charge in [0.25, 0.3) is 0 Å². The van der Waals surface area contributed by atoms with Gasteiger partial charge in [0.2, 0.25) is 0 Å². The summed E-state index contributed by atoms with van der Waals surface area (Å²) in [5.41, 5.74) is 0.605. The molecular formula is C29H26F3NO4. The van der Waals surface area contributed by atoms with Crippen molar-refractivity contribution in [3.8, 4) is 22.6 Å². The molecule has 0 unspecified atom stereocenters. The first-order valence-electron chi connectivity index (χ1n) is 11.6. The lowest BCUT2D eigenvalue weighted by Crippen LogP contribution is -2.24. The second kappa shape index (κ2) is 10.9. The number of nitrogens with one attached hydrogen (secondary N) is 1. The fourth-order valence-electron chi connectivity index (χ4n) is 4.26. The van der Waals surface area contributed by atoms with Gasteiger partial charge in [-0.15, -0.1) is 0 Å². The number of benzene rings is 4. The number of carboxylic acid groups (broad SMARTS) is 1. The van der Waals surface area contributed by atoms with E-state index in [1.165, 1.54) is 30.3 Å². The van der Waals surface area contributed by atoms with Gasteiger partial charge in [0.1, 0.15) is 18.1 Å². The van der Waals surface area contributed by atoms with Crippen LogP contribution in [0.2, 0.25) is 0 Å². The molecule has 4 aromatic carbocycles. The Kier molecular flexibility index (Phi) is 7.69. The largest absolute Gasteiger partial charge is 0.496 e. The molecule has 0 heterocycles. The summed E-state index contributed by atoms with van der Waals surface area (Å²) in [6.07, 6.45) is -4.63. The molecular weight excluding hydrogens is 483 g/mol. The maximum absolute atomic E-state index is 13.5. The van der Waals surface area contributed by atoms with Crippen molar-refractivity contribution in [2.45, 2.75) is 19.1 Å². The Bertz CT molecular complexity index is 1410. The van der Waals surface area contributed by atoms with Crippen molar-refractivity contribution in [3.63, 3.8) is 0 Å². The molecule has 8 heteroatoms. The zero-order chi connectivity index (χ0) is 26.6. The number of methoxy groups -OCH3 is 1. The smallest absolute Gasteiger partial charge is 0.419 e. The van der Waals surface area contributed by atoms with E-state index >= 15 is 0 Å². The predicted molar refractivity (Wildman–Crippen MR) is 136 cm³/mol. The molecule has 4 aromatic rings. The molecule has 0 aromatic heterocycles. The number of halogens is 3. The average molecular weight is 510 g/mol. The molecule has 1 atom stereocenters. The van der Waals surface area contributed by atoms with Crippen LogP contribution >= 0.6 is 0 Å². The van der Waals surface area contributed by atoms with E-state index in [4.69, 9.17) is 9.47 Å². The van der Waals surface area contributed by atoms with Crippen LogP contribution in [-0.2, 0) is 6.18 Å². The first-order valence-corrected chi connectivity index (χ1v) is 11.6. The van der Waals surface area contributed by atoms with E-state index in [-0.39, 0.29) is 35.3 Å². The molecule has 37 heavy (non-hydrogen) atoms. The molecule has 0 spiro atoms. The molecule has 2 N–H and O–H groups in total. The number of carbonyl (C=O) groups is 1. The van der Waals surface area contributed by atoms with Crippen molar-refractivity contribution in [1.29, 1.82) is 0 Å². The number of hydrogen-bond acceptors (Lipinski definition) is 4. The maximum Gasteiger partial charge on any atom is 0.419 e. The quantitative estimate of drug-likeness (QED) is 0.239. The third-order valence-corrected chi connectivity index (χ3v) is 6.10. The summed E-state index contributed by atoms with van der Waals surface area (Å²) in [4.78, 5) is 11.7. The molecule has 0 aliphatic rings. The number of alkyl halides is 3. The van der Waals surface area contributed by atoms with E-state index < -0.39 is 17.7 Å². The van der Waals surface area contributed by atoms with Crippen molar-refractivity contribution < 1.29 is 32.5 Å². The molecule has 4 rings (SSSR count). The molecule has 0 saturated carbocycles. The molecule has 0 saturated heterocycles. The SMILES string of the molecule is COc1ccc(-c2cc(OCCN[C@H](C)c3cccc4ccccc34)cc(C(=O)O)c2)cc1C(F)(F)F. The molecule has 192 valence electrons. The fourth-order valence-corrected chi connectivity index (χ4v) is 4.26. The van der Waals surface area contributed by atoms with E-state index in [1.807, 2.05) is 25.1 Å². The summed E-state index contributed by atoms with van der Waals surface area (Å²) >= 11 is 0. The van der Waals surface area contributed by atoms with Crippen molar-refractivity contribution in [2.75, 3.05) is 20.3 Å². The van der Waals surface area contributed by atoms with Crippen LogP contribution in [0.1, 0.15) is 34.5 Å². The second-order valence-corrected chi connectivity index (χ2v) is 8.56. The van der Waals surface area contributed by atoms with Crippen molar-refractivity contribution >= 4 is 16.7 Å². The molecule has 0 aliphatic carbocycles. The van der Waals surface area contributed by atoms with E-state index in [2.05, 4.69) is 29.6 Å². The van der Waals surface area contributed by atoms with Crippen LogP contribution in [0.3, 0.4) is 0 Å². The van der Waals surface area contributed by atoms with Crippen LogP contribution in [0.5, 0.6) is 11.5 Å². The third kappa shape index (κ3) is 6.03. The summed E-state index contributed by atoms with van der Waals surface area (Å²) in [6.45, 7) is 2.75. The number of carboxylic acids is 1. The Morgan fingerprint density at radius 2 is 1.73 bits per heavy atom. The summed E-state index contributed by atoms with van der Waals surface area (Å²) in [7, 11) is 1.16. The summed E-state index contributed by atoms with van der Waals surface area (Å²) < 4.78 is 51.1. The number of hydrogen-bond donors (Lipinski definition) is 2. The Hall–Kier alpha value is -4.04. The molecule has 0 bridgehead atoms. The predicted octanol–water partition coefficient (Wildman–Crippen LogP) is 6.96. The number of aromatic carboxylic acids is 1. The highest BCUT2D eigenvalue weighted by molar-refractivity contribution is 5.90. The van der Waals surface area contributed by atoms with E-state index in [0.717, 1.165) is 29.5 Å². The normalized spacial score (nSPS) is 12.4. The lowest BCUT2D eigenvalue weighted by Gasteiger charge is -2.17. The van der Waals surface area contributed by atoms with Crippen LogP contribution in [0.15, 0.2) is 78.9 Å². The van der Waals surface area contributed by atoms with E-state index in [0.29, 0.717) is 12.1 Å². The summed E-state index contributed by atoms with van der Waals surface area (Å²) in [5, 5.41) is 15.2. The second-order valence-electron chi connectivity index (χ2n) is 8.56. The van der Waals surface area contributed by atoms with Crippen LogP contribution in [-0.4, -0.2) is 31.3 Å². The minimum absolute atomic E-state index is 0.0377. The Morgan fingerprint density at radius 1 is 0.973 bits per heavy atom. The summed E-state index contributed by atoms with van der Waals surface area (Å²) in [5.74, 6) is -1.27. The van der Waals surface area contributed by atoms with Gasteiger partial charge in [-0.3, -0.25) is 0 Å². The topological polar surface area (TPSA) is 67.8 Å². The molecule has 5 nitrogen and oxygen atoms in total. The van der Waals surface area contributed by atoms with Gasteiger partial charge in [0, 0.05) is 12.6 Å². The van der Waals surface area contributed by atoms with Crippen LogP contribution in [0, 0.1) is 0 Å². The van der Waals surface area contributed by atoms with Gasteiger partial charge >= 0.3 is 12.1 Å². The first-order chi connectivity index (χ1) is 17.7. The zero-order valence-electron chi connectivity index (χ0n) is 20.3. The zero-order valence-corrected chi connectivity index (χ0v) is 20.3. The Balaban J connectivity index is 1.50. The molecule has 0 amide bonds.